The van der Waals surface area contributed by atoms with Crippen molar-refractivity contribution >= 4 is 78.4 Å². The second kappa shape index (κ2) is 18.6. The van der Waals surface area contributed by atoms with Gasteiger partial charge in [0.25, 0.3) is 0 Å². The lowest BCUT2D eigenvalue weighted by Crippen LogP contribution is -2.33. The molecule has 0 unspecified atom stereocenters. The highest BCUT2D eigenvalue weighted by Gasteiger charge is 2.24. The summed E-state index contributed by atoms with van der Waals surface area (Å²) in [7, 11) is 0. The van der Waals surface area contributed by atoms with E-state index in [0.29, 0.717) is 22.5 Å². The lowest BCUT2D eigenvalue weighted by Gasteiger charge is -2.12. The molecule has 10 heteroatoms. The minimum absolute atomic E-state index is 0.0158. The van der Waals surface area contributed by atoms with Crippen LogP contribution in [0.2, 0.25) is 0 Å². The van der Waals surface area contributed by atoms with Crippen LogP contribution in [0.15, 0.2) is 182 Å². The number of nitrogens with two attached hydrogens (primary N) is 2. The maximum atomic E-state index is 13.6. The molecule has 0 fully saturated rings. The average molecular weight is 941 g/mol. The maximum Gasteiger partial charge on any atom is 0.239 e. The molecule has 0 bridgehead atoms. The molecule has 0 aliphatic carbocycles. The zero-order chi connectivity index (χ0) is 49.6. The maximum absolute atomic E-state index is 13.6. The number of fused-ring (bicyclic) bond motifs is 4. The van der Waals surface area contributed by atoms with Crippen molar-refractivity contribution < 1.29 is 18.7 Å². The van der Waals surface area contributed by atoms with Crippen LogP contribution in [0.25, 0.3) is 77.8 Å². The zero-order valence-electron chi connectivity index (χ0n) is 40.5. The van der Waals surface area contributed by atoms with Gasteiger partial charge < -0.3 is 22.1 Å². The Labute approximate surface area is 417 Å². The molecule has 0 aliphatic heterocycles. The Morgan fingerprint density at radius 1 is 0.403 bits per heavy atom. The zero-order valence-corrected chi connectivity index (χ0v) is 40.5. The lowest BCUT2D eigenvalue weighted by molar-refractivity contribution is -0.538. The topological polar surface area (TPSA) is 144 Å². The number of aryl methyl sites for hydroxylation is 4. The van der Waals surface area contributed by atoms with Gasteiger partial charge in [-0.05, 0) is 96.5 Å². The van der Waals surface area contributed by atoms with Crippen LogP contribution >= 0.6 is 0 Å². The van der Waals surface area contributed by atoms with Crippen molar-refractivity contribution in [3.05, 3.63) is 215 Å². The second-order valence-electron chi connectivity index (χ2n) is 18.6. The molecule has 350 valence electrons. The number of ketones is 2. The first-order valence-corrected chi connectivity index (χ1v) is 24.0. The van der Waals surface area contributed by atoms with Crippen LogP contribution in [0.1, 0.15) is 43.0 Å². The highest BCUT2D eigenvalue weighted by atomic mass is 16.1. The molecule has 0 radical (unpaired) electrons. The van der Waals surface area contributed by atoms with Crippen molar-refractivity contribution in [1.29, 1.82) is 0 Å². The van der Waals surface area contributed by atoms with E-state index in [2.05, 4.69) is 92.6 Å². The van der Waals surface area contributed by atoms with Gasteiger partial charge in [0.1, 0.15) is 22.1 Å². The van der Waals surface area contributed by atoms with Gasteiger partial charge in [-0.25, -0.2) is 9.97 Å². The van der Waals surface area contributed by atoms with E-state index in [9.17, 15) is 9.59 Å². The van der Waals surface area contributed by atoms with Crippen molar-refractivity contribution in [2.75, 3.05) is 35.2 Å². The molecule has 0 atom stereocenters. The van der Waals surface area contributed by atoms with Gasteiger partial charge in [-0.3, -0.25) is 9.59 Å². The van der Waals surface area contributed by atoms with E-state index >= 15 is 0 Å². The fourth-order valence-electron chi connectivity index (χ4n) is 9.55. The Morgan fingerprint density at radius 3 is 1.06 bits per heavy atom. The van der Waals surface area contributed by atoms with Crippen LogP contribution in [-0.2, 0) is 0 Å². The SMILES string of the molecule is Cc1cc2nc3cc(C)c(NCC(=O)c4ccc(-c5ccc(-c6ccc(C(=O)CNc7cc8c(cc7C)nc7cc(C)c(N)cc7[n+]8-c7ccccc7)cc6)cc5)cc4)cc3[n+](-c3ccccc3)c2cc1N. The molecule has 0 saturated carbocycles. The second-order valence-corrected chi connectivity index (χ2v) is 18.6. The summed E-state index contributed by atoms with van der Waals surface area (Å²) < 4.78 is 4.35. The summed E-state index contributed by atoms with van der Waals surface area (Å²) in [6.45, 7) is 8.31. The molecule has 9 aromatic carbocycles. The standard InChI is InChI=1S/C62H50N8O2/c1-37-27-53-57(31-49(37)63)69(47-11-7-5-8-12-47)59-33-51(39(3)29-55(59)67-53)65-35-61(71)45-23-19-43(20-24-45)41-15-17-42(18-16-41)44-21-25-46(26-22-44)62(72)36-66-52-34-60-56(30-40(52)4)68-54-28-38(2)50(64)32-58(54)70(60)48-13-9-6-10-14-48/h5-34H,35-36H2,1-4H3,(H4,63,64,65,66)/p+2. The van der Waals surface area contributed by atoms with Gasteiger partial charge in [-0.15, -0.1) is 9.13 Å². The van der Waals surface area contributed by atoms with Crippen LogP contribution in [0.3, 0.4) is 0 Å². The number of hydrogen-bond acceptors (Lipinski definition) is 8. The number of benzene rings is 9. The number of Topliss-reactive ketones (excluding diaryl/α,β-unsaturated/α-hetero) is 2. The summed E-state index contributed by atoms with van der Waals surface area (Å²) in [5, 5.41) is 6.84. The number of carbonyl (C=O) groups is 2. The van der Waals surface area contributed by atoms with E-state index in [0.717, 1.165) is 111 Å². The average Bonchev–Trinajstić information content (AvgIpc) is 3.40. The molecule has 0 amide bonds. The first-order valence-electron chi connectivity index (χ1n) is 24.0. The normalized spacial score (nSPS) is 11.4. The van der Waals surface area contributed by atoms with Gasteiger partial charge in [0, 0.05) is 82.4 Å². The van der Waals surface area contributed by atoms with Gasteiger partial charge in [-0.1, -0.05) is 109 Å². The highest BCUT2D eigenvalue weighted by molar-refractivity contribution is 6.01. The number of carbonyl (C=O) groups excluding carboxylic acids is 2. The van der Waals surface area contributed by atoms with Crippen LogP contribution in [0.4, 0.5) is 22.7 Å². The number of hydrogen-bond donors (Lipinski definition) is 4. The molecular weight excluding hydrogens is 889 g/mol. The van der Waals surface area contributed by atoms with Crippen molar-refractivity contribution in [3.8, 4) is 33.6 Å². The van der Waals surface area contributed by atoms with E-state index in [4.69, 9.17) is 21.4 Å². The third kappa shape index (κ3) is 8.60. The van der Waals surface area contributed by atoms with Gasteiger partial charge in [0.15, 0.2) is 11.6 Å². The largest absolute Gasteiger partial charge is 0.398 e. The summed E-state index contributed by atoms with van der Waals surface area (Å²) in [6, 6.07) is 60.4. The van der Waals surface area contributed by atoms with Crippen molar-refractivity contribution in [2.45, 2.75) is 27.7 Å². The van der Waals surface area contributed by atoms with E-state index in [1.807, 2.05) is 137 Å². The molecular formula is C62H52N8O2+2. The summed E-state index contributed by atoms with van der Waals surface area (Å²) in [6.07, 6.45) is 0. The summed E-state index contributed by atoms with van der Waals surface area (Å²) >= 11 is 0. The molecule has 2 aromatic heterocycles. The van der Waals surface area contributed by atoms with E-state index in [1.54, 1.807) is 0 Å². The molecule has 11 aromatic rings. The van der Waals surface area contributed by atoms with E-state index < -0.39 is 0 Å². The molecule has 10 nitrogen and oxygen atoms in total. The Hall–Kier alpha value is -9.28. The summed E-state index contributed by atoms with van der Waals surface area (Å²) in [5.74, 6) is -0.0315. The molecule has 0 aliphatic rings. The smallest absolute Gasteiger partial charge is 0.239 e. The molecule has 6 N–H and O–H groups in total. The molecule has 0 saturated heterocycles. The van der Waals surface area contributed by atoms with Gasteiger partial charge >= 0.3 is 0 Å². The van der Waals surface area contributed by atoms with Crippen molar-refractivity contribution in [2.24, 2.45) is 0 Å². The minimum atomic E-state index is -0.0158. The van der Waals surface area contributed by atoms with Crippen molar-refractivity contribution in [3.63, 3.8) is 0 Å². The van der Waals surface area contributed by atoms with E-state index in [-0.39, 0.29) is 24.7 Å². The van der Waals surface area contributed by atoms with E-state index in [1.165, 1.54) is 0 Å². The number of aromatic nitrogens is 4. The van der Waals surface area contributed by atoms with Crippen LogP contribution in [-0.4, -0.2) is 34.6 Å². The number of nitrogens with zero attached hydrogens (tertiary/aromatic N) is 4. The third-order valence-corrected chi connectivity index (χ3v) is 13.7. The molecule has 11 rings (SSSR count). The van der Waals surface area contributed by atoms with Crippen LogP contribution < -0.4 is 31.2 Å². The first kappa shape index (κ1) is 45.2. The number of anilines is 4. The Morgan fingerprint density at radius 2 is 0.708 bits per heavy atom. The van der Waals surface area contributed by atoms with Crippen LogP contribution in [0.5, 0.6) is 0 Å². The molecule has 0 spiro atoms. The fraction of sp³-hybridized carbons (Fsp3) is 0.0968. The lowest BCUT2D eigenvalue weighted by atomic mass is 9.98. The Balaban J connectivity index is 0.750. The monoisotopic (exact) mass is 940 g/mol. The number of rotatable bonds is 12. The molecule has 2 heterocycles. The molecule has 72 heavy (non-hydrogen) atoms. The first-order chi connectivity index (χ1) is 34.9. The van der Waals surface area contributed by atoms with Gasteiger partial charge in [-0.2, -0.15) is 0 Å². The van der Waals surface area contributed by atoms with Crippen LogP contribution in [0, 0.1) is 27.7 Å². The summed E-state index contributed by atoms with van der Waals surface area (Å²) in [5.41, 5.74) is 34.2. The predicted molar refractivity (Wildman–Crippen MR) is 292 cm³/mol. The Bertz CT molecular complexity index is 3680. The third-order valence-electron chi connectivity index (χ3n) is 13.7. The number of nitrogen functional groups attached to an aromatic ring is 2. The minimum Gasteiger partial charge on any atom is -0.398 e. The quantitative estimate of drug-likeness (QED) is 0.0410. The van der Waals surface area contributed by atoms with Crippen molar-refractivity contribution in [1.82, 2.24) is 9.97 Å². The van der Waals surface area contributed by atoms with Gasteiger partial charge in [0.05, 0.1) is 13.1 Å². The number of para-hydroxylation sites is 2. The highest BCUT2D eigenvalue weighted by Crippen LogP contribution is 2.30. The number of nitrogens with one attached hydrogen (secondary N) is 2. The van der Waals surface area contributed by atoms with Gasteiger partial charge in [0.2, 0.25) is 33.4 Å². The fourth-order valence-corrected chi connectivity index (χ4v) is 9.55. The Kier molecular flexibility index (Phi) is 11.6. The predicted octanol–water partition coefficient (Wildman–Crippen LogP) is 12.0. The summed E-state index contributed by atoms with van der Waals surface area (Å²) in [4.78, 5) is 37.2.